The van der Waals surface area contributed by atoms with Crippen molar-refractivity contribution in [2.75, 3.05) is 11.4 Å². The summed E-state index contributed by atoms with van der Waals surface area (Å²) in [4.78, 5) is 2.21. The normalized spacial score (nSPS) is 18.5. The highest BCUT2D eigenvalue weighted by molar-refractivity contribution is 6.99. The summed E-state index contributed by atoms with van der Waals surface area (Å²) in [6.45, 7) is 3.17. The molecule has 1 saturated heterocycles. The molecule has 2 heterocycles. The number of rotatable bonds is 4. The minimum atomic E-state index is -0.372. The molecule has 1 aliphatic heterocycles. The number of aromatic nitrogens is 2. The van der Waals surface area contributed by atoms with Crippen molar-refractivity contribution in [3.63, 3.8) is 0 Å². The van der Waals surface area contributed by atoms with E-state index in [0.29, 0.717) is 22.5 Å². The van der Waals surface area contributed by atoms with E-state index in [2.05, 4.69) is 20.6 Å². The van der Waals surface area contributed by atoms with Crippen LogP contribution in [0, 0.1) is 5.82 Å². The lowest BCUT2D eigenvalue weighted by molar-refractivity contribution is 0.289. The average molecular weight is 342 g/mol. The Balaban J connectivity index is 1.75. The first-order valence-corrected chi connectivity index (χ1v) is 8.42. The monoisotopic (exact) mass is 341 g/mol. The summed E-state index contributed by atoms with van der Waals surface area (Å²) in [6, 6.07) is 5.01. The van der Waals surface area contributed by atoms with Crippen LogP contribution in [0.15, 0.2) is 18.2 Å². The Kier molecular flexibility index (Phi) is 4.78. The minimum absolute atomic E-state index is 0.0478. The molecule has 118 valence electrons. The summed E-state index contributed by atoms with van der Waals surface area (Å²) in [5.41, 5.74) is 0.342. The largest absolute Gasteiger partial charge is 0.469 e. The van der Waals surface area contributed by atoms with Crippen molar-refractivity contribution in [3.8, 4) is 5.88 Å². The third-order valence-corrected chi connectivity index (χ3v) is 4.79. The van der Waals surface area contributed by atoms with E-state index >= 15 is 0 Å². The van der Waals surface area contributed by atoms with Crippen LogP contribution in [0.1, 0.15) is 31.7 Å². The van der Waals surface area contributed by atoms with Gasteiger partial charge in [-0.2, -0.15) is 4.37 Å². The number of halogens is 2. The van der Waals surface area contributed by atoms with Gasteiger partial charge in [0.25, 0.3) is 5.88 Å². The second-order valence-electron chi connectivity index (χ2n) is 5.42. The van der Waals surface area contributed by atoms with Crippen molar-refractivity contribution < 1.29 is 9.13 Å². The second kappa shape index (κ2) is 6.79. The summed E-state index contributed by atoms with van der Waals surface area (Å²) < 4.78 is 28.0. The highest BCUT2D eigenvalue weighted by atomic mass is 35.5. The Morgan fingerprint density at radius 3 is 3.05 bits per heavy atom. The number of nitrogens with zero attached hydrogens (tertiary/aromatic N) is 3. The SMILES string of the molecule is CC1CCCCN1c1nsnc1OCc1c(F)cccc1Cl. The summed E-state index contributed by atoms with van der Waals surface area (Å²) in [6.07, 6.45) is 3.51. The molecular weight excluding hydrogens is 325 g/mol. The van der Waals surface area contributed by atoms with Gasteiger partial charge in [-0.3, -0.25) is 0 Å². The molecule has 22 heavy (non-hydrogen) atoms. The Morgan fingerprint density at radius 1 is 1.41 bits per heavy atom. The molecule has 1 fully saturated rings. The maximum Gasteiger partial charge on any atom is 0.271 e. The predicted molar refractivity (Wildman–Crippen MR) is 86.3 cm³/mol. The lowest BCUT2D eigenvalue weighted by Gasteiger charge is -2.33. The topological polar surface area (TPSA) is 38.2 Å². The molecule has 0 saturated carbocycles. The molecule has 0 bridgehead atoms. The molecule has 2 aromatic rings. The first-order chi connectivity index (χ1) is 10.7. The van der Waals surface area contributed by atoms with Crippen molar-refractivity contribution in [2.45, 2.75) is 38.8 Å². The highest BCUT2D eigenvalue weighted by Crippen LogP contribution is 2.32. The van der Waals surface area contributed by atoms with Gasteiger partial charge in [-0.05, 0) is 38.3 Å². The Labute approximate surface area is 138 Å². The molecule has 3 rings (SSSR count). The predicted octanol–water partition coefficient (Wildman–Crippen LogP) is 4.29. The van der Waals surface area contributed by atoms with Crippen LogP contribution in [0.3, 0.4) is 0 Å². The molecule has 0 radical (unpaired) electrons. The van der Waals surface area contributed by atoms with Crippen LogP contribution < -0.4 is 9.64 Å². The summed E-state index contributed by atoms with van der Waals surface area (Å²) in [5.74, 6) is 0.839. The molecule has 1 aliphatic rings. The Hall–Kier alpha value is -1.40. The van der Waals surface area contributed by atoms with Gasteiger partial charge < -0.3 is 9.64 Å². The summed E-state index contributed by atoms with van der Waals surface area (Å²) in [7, 11) is 0. The molecule has 4 nitrogen and oxygen atoms in total. The second-order valence-corrected chi connectivity index (χ2v) is 6.36. The molecule has 7 heteroatoms. The van der Waals surface area contributed by atoms with Gasteiger partial charge in [-0.1, -0.05) is 17.7 Å². The van der Waals surface area contributed by atoms with E-state index in [1.165, 1.54) is 12.5 Å². The fraction of sp³-hybridized carbons (Fsp3) is 0.467. The first-order valence-electron chi connectivity index (χ1n) is 7.31. The molecule has 1 aromatic heterocycles. The third-order valence-electron chi connectivity index (χ3n) is 3.93. The van der Waals surface area contributed by atoms with Crippen molar-refractivity contribution >= 4 is 29.1 Å². The van der Waals surface area contributed by atoms with Crippen LogP contribution in [0.2, 0.25) is 5.02 Å². The zero-order valence-electron chi connectivity index (χ0n) is 12.3. The first kappa shape index (κ1) is 15.5. The van der Waals surface area contributed by atoms with E-state index in [0.717, 1.165) is 36.9 Å². The zero-order valence-corrected chi connectivity index (χ0v) is 13.8. The third kappa shape index (κ3) is 3.17. The number of hydrogen-bond acceptors (Lipinski definition) is 5. The van der Waals surface area contributed by atoms with Crippen LogP contribution in [0.4, 0.5) is 10.2 Å². The van der Waals surface area contributed by atoms with Crippen LogP contribution in [-0.2, 0) is 6.61 Å². The van der Waals surface area contributed by atoms with E-state index in [1.807, 2.05) is 0 Å². The number of piperidine rings is 1. The van der Waals surface area contributed by atoms with E-state index in [9.17, 15) is 4.39 Å². The van der Waals surface area contributed by atoms with Gasteiger partial charge in [-0.25, -0.2) is 4.39 Å². The van der Waals surface area contributed by atoms with E-state index in [4.69, 9.17) is 16.3 Å². The fourth-order valence-corrected chi connectivity index (χ4v) is 3.39. The van der Waals surface area contributed by atoms with Gasteiger partial charge in [0.2, 0.25) is 5.82 Å². The van der Waals surface area contributed by atoms with Crippen molar-refractivity contribution in [3.05, 3.63) is 34.6 Å². The molecule has 0 spiro atoms. The number of anilines is 1. The van der Waals surface area contributed by atoms with Gasteiger partial charge in [0.1, 0.15) is 12.4 Å². The smallest absolute Gasteiger partial charge is 0.271 e. The molecule has 0 aliphatic carbocycles. The van der Waals surface area contributed by atoms with Crippen molar-refractivity contribution in [1.29, 1.82) is 0 Å². The van der Waals surface area contributed by atoms with E-state index in [1.54, 1.807) is 12.1 Å². The lowest BCUT2D eigenvalue weighted by atomic mass is 10.0. The average Bonchev–Trinajstić information content (AvgIpc) is 2.95. The van der Waals surface area contributed by atoms with Crippen LogP contribution in [-0.4, -0.2) is 21.3 Å². The maximum atomic E-state index is 13.8. The summed E-state index contributed by atoms with van der Waals surface area (Å²) in [5, 5.41) is 0.357. The number of benzene rings is 1. The van der Waals surface area contributed by atoms with Crippen molar-refractivity contribution in [2.24, 2.45) is 0 Å². The molecule has 0 amide bonds. The molecule has 1 aromatic carbocycles. The molecular formula is C15H17ClFN3OS. The Bertz CT molecular complexity index is 631. The number of ether oxygens (including phenoxy) is 1. The number of hydrogen-bond donors (Lipinski definition) is 0. The quantitative estimate of drug-likeness (QED) is 0.831. The van der Waals surface area contributed by atoms with Gasteiger partial charge >= 0.3 is 0 Å². The van der Waals surface area contributed by atoms with Crippen molar-refractivity contribution in [1.82, 2.24) is 8.75 Å². The minimum Gasteiger partial charge on any atom is -0.469 e. The fourth-order valence-electron chi connectivity index (χ4n) is 2.67. The lowest BCUT2D eigenvalue weighted by Crippen LogP contribution is -2.37. The standard InChI is InChI=1S/C15H17ClFN3OS/c1-10-5-2-3-8-20(10)14-15(19-22-18-14)21-9-11-12(16)6-4-7-13(11)17/h4,6-7,10H,2-3,5,8-9H2,1H3. The van der Waals surface area contributed by atoms with Gasteiger partial charge in [0.15, 0.2) is 0 Å². The Morgan fingerprint density at radius 2 is 2.27 bits per heavy atom. The van der Waals surface area contributed by atoms with Crippen LogP contribution in [0.25, 0.3) is 0 Å². The summed E-state index contributed by atoms with van der Waals surface area (Å²) >= 11 is 7.13. The highest BCUT2D eigenvalue weighted by Gasteiger charge is 2.25. The van der Waals surface area contributed by atoms with Crippen LogP contribution in [0.5, 0.6) is 5.88 Å². The molecule has 1 unspecified atom stereocenters. The van der Waals surface area contributed by atoms with E-state index in [-0.39, 0.29) is 12.4 Å². The molecule has 0 N–H and O–H groups in total. The van der Waals surface area contributed by atoms with E-state index < -0.39 is 0 Å². The molecule has 1 atom stereocenters. The maximum absolute atomic E-state index is 13.8. The van der Waals surface area contributed by atoms with Crippen LogP contribution >= 0.6 is 23.3 Å². The van der Waals surface area contributed by atoms with Gasteiger partial charge in [0.05, 0.1) is 16.8 Å². The van der Waals surface area contributed by atoms with Gasteiger partial charge in [0, 0.05) is 18.2 Å². The zero-order chi connectivity index (χ0) is 15.5. The van der Waals surface area contributed by atoms with Gasteiger partial charge in [-0.15, -0.1) is 4.37 Å².